The largest absolute Gasteiger partial charge is 0.469 e. The Hall–Kier alpha value is -1.78. The molecule has 0 spiro atoms. The van der Waals surface area contributed by atoms with Gasteiger partial charge in [0, 0.05) is 19.5 Å². The summed E-state index contributed by atoms with van der Waals surface area (Å²) >= 11 is 0. The molecule has 18 heavy (non-hydrogen) atoms. The van der Waals surface area contributed by atoms with Crippen molar-refractivity contribution >= 4 is 11.9 Å². The fraction of sp³-hybridized carbons (Fsp3) is 0.538. The van der Waals surface area contributed by atoms with Gasteiger partial charge in [-0.05, 0) is 25.0 Å². The van der Waals surface area contributed by atoms with Gasteiger partial charge in [-0.25, -0.2) is 0 Å². The second-order valence-electron chi connectivity index (χ2n) is 4.33. The van der Waals surface area contributed by atoms with E-state index in [0.717, 1.165) is 31.7 Å². The molecule has 0 atom stereocenters. The average Bonchev–Trinajstić information content (AvgIpc) is 3.05. The van der Waals surface area contributed by atoms with E-state index in [-0.39, 0.29) is 24.9 Å². The quantitative estimate of drug-likeness (QED) is 0.742. The molecule has 2 heterocycles. The number of ether oxygens (including phenoxy) is 1. The van der Waals surface area contributed by atoms with Crippen LogP contribution < -0.4 is 0 Å². The lowest BCUT2D eigenvalue weighted by Crippen LogP contribution is -2.32. The summed E-state index contributed by atoms with van der Waals surface area (Å²) in [7, 11) is 0. The molecule has 5 nitrogen and oxygen atoms in total. The molecule has 0 saturated carbocycles. The average molecular weight is 251 g/mol. The van der Waals surface area contributed by atoms with Gasteiger partial charge < -0.3 is 14.1 Å². The maximum atomic E-state index is 11.6. The van der Waals surface area contributed by atoms with Crippen molar-refractivity contribution in [2.24, 2.45) is 0 Å². The molecule has 0 N–H and O–H groups in total. The zero-order chi connectivity index (χ0) is 12.8. The van der Waals surface area contributed by atoms with Gasteiger partial charge in [0.05, 0.1) is 12.7 Å². The van der Waals surface area contributed by atoms with Gasteiger partial charge in [-0.3, -0.25) is 9.59 Å². The predicted octanol–water partition coefficient (Wildman–Crippen LogP) is 1.38. The third-order valence-corrected chi connectivity index (χ3v) is 2.97. The van der Waals surface area contributed by atoms with Crippen LogP contribution in [0.15, 0.2) is 22.8 Å². The van der Waals surface area contributed by atoms with E-state index >= 15 is 0 Å². The van der Waals surface area contributed by atoms with Gasteiger partial charge in [0.2, 0.25) is 0 Å². The molecular formula is C13H17NO4. The molecule has 0 aromatic carbocycles. The molecule has 0 unspecified atom stereocenters. The normalized spacial score (nSPS) is 14.8. The Morgan fingerprint density at radius 1 is 1.33 bits per heavy atom. The van der Waals surface area contributed by atoms with E-state index in [9.17, 15) is 9.59 Å². The number of carbonyl (C=O) groups excluding carboxylic acids is 2. The Bertz CT molecular complexity index is 393. The fourth-order valence-electron chi connectivity index (χ4n) is 1.95. The van der Waals surface area contributed by atoms with E-state index in [1.165, 1.54) is 0 Å². The minimum absolute atomic E-state index is 0.0983. The number of amides is 1. The van der Waals surface area contributed by atoms with Gasteiger partial charge in [-0.2, -0.15) is 0 Å². The monoisotopic (exact) mass is 251 g/mol. The molecule has 0 radical (unpaired) electrons. The summed E-state index contributed by atoms with van der Waals surface area (Å²) in [6.07, 6.45) is 4.39. The topological polar surface area (TPSA) is 59.8 Å². The Balaban J connectivity index is 1.63. The SMILES string of the molecule is O=C(CCc1ccco1)OCC(=O)N1CCCC1. The van der Waals surface area contributed by atoms with Crippen LogP contribution in [-0.2, 0) is 20.7 Å². The molecule has 1 aliphatic heterocycles. The fourth-order valence-corrected chi connectivity index (χ4v) is 1.95. The molecule has 0 aliphatic carbocycles. The lowest BCUT2D eigenvalue weighted by molar-refractivity contribution is -0.151. The van der Waals surface area contributed by atoms with Gasteiger partial charge in [-0.15, -0.1) is 0 Å². The highest BCUT2D eigenvalue weighted by Gasteiger charge is 2.19. The highest BCUT2D eigenvalue weighted by Crippen LogP contribution is 2.08. The summed E-state index contributed by atoms with van der Waals surface area (Å²) < 4.78 is 10.1. The Morgan fingerprint density at radius 3 is 2.78 bits per heavy atom. The van der Waals surface area contributed by atoms with Crippen molar-refractivity contribution in [3.63, 3.8) is 0 Å². The van der Waals surface area contributed by atoms with Crippen molar-refractivity contribution in [2.45, 2.75) is 25.7 Å². The number of hydrogen-bond donors (Lipinski definition) is 0. The highest BCUT2D eigenvalue weighted by molar-refractivity contribution is 5.80. The summed E-state index contributed by atoms with van der Waals surface area (Å²) in [5, 5.41) is 0. The van der Waals surface area contributed by atoms with Crippen LogP contribution in [0.25, 0.3) is 0 Å². The first kappa shape index (κ1) is 12.7. The Morgan fingerprint density at radius 2 is 2.11 bits per heavy atom. The number of aryl methyl sites for hydroxylation is 1. The standard InChI is InChI=1S/C13H17NO4/c15-12(14-7-1-2-8-14)10-18-13(16)6-5-11-4-3-9-17-11/h3-4,9H,1-2,5-8,10H2. The van der Waals surface area contributed by atoms with Crippen LogP contribution >= 0.6 is 0 Å². The molecule has 1 aromatic rings. The first-order valence-corrected chi connectivity index (χ1v) is 6.21. The first-order chi connectivity index (χ1) is 8.75. The first-order valence-electron chi connectivity index (χ1n) is 6.21. The van der Waals surface area contributed by atoms with E-state index < -0.39 is 0 Å². The molecular weight excluding hydrogens is 234 g/mol. The van der Waals surface area contributed by atoms with Crippen molar-refractivity contribution in [3.8, 4) is 0 Å². The van der Waals surface area contributed by atoms with Gasteiger partial charge in [0.1, 0.15) is 5.76 Å². The Labute approximate surface area is 106 Å². The molecule has 98 valence electrons. The predicted molar refractivity (Wildman–Crippen MR) is 63.8 cm³/mol. The maximum Gasteiger partial charge on any atom is 0.306 e. The van der Waals surface area contributed by atoms with Crippen molar-refractivity contribution < 1.29 is 18.7 Å². The van der Waals surface area contributed by atoms with E-state index in [4.69, 9.17) is 9.15 Å². The molecule has 0 bridgehead atoms. The van der Waals surface area contributed by atoms with Gasteiger partial charge in [0.25, 0.3) is 5.91 Å². The molecule has 2 rings (SSSR count). The molecule has 1 aliphatic rings. The van der Waals surface area contributed by atoms with Gasteiger partial charge in [0.15, 0.2) is 6.61 Å². The summed E-state index contributed by atoms with van der Waals surface area (Å²) in [5.74, 6) is 0.288. The van der Waals surface area contributed by atoms with E-state index in [1.54, 1.807) is 17.2 Å². The molecule has 5 heteroatoms. The van der Waals surface area contributed by atoms with Gasteiger partial charge in [-0.1, -0.05) is 0 Å². The third kappa shape index (κ3) is 3.61. The van der Waals surface area contributed by atoms with E-state index in [2.05, 4.69) is 0 Å². The van der Waals surface area contributed by atoms with Crippen LogP contribution in [0.1, 0.15) is 25.0 Å². The smallest absolute Gasteiger partial charge is 0.306 e. The van der Waals surface area contributed by atoms with Crippen LogP contribution in [0.5, 0.6) is 0 Å². The summed E-state index contributed by atoms with van der Waals surface area (Å²) in [6, 6.07) is 3.58. The van der Waals surface area contributed by atoms with Crippen molar-refractivity contribution in [1.29, 1.82) is 0 Å². The zero-order valence-electron chi connectivity index (χ0n) is 10.3. The van der Waals surface area contributed by atoms with Crippen molar-refractivity contribution in [2.75, 3.05) is 19.7 Å². The van der Waals surface area contributed by atoms with Crippen LogP contribution in [0.3, 0.4) is 0 Å². The lowest BCUT2D eigenvalue weighted by Gasteiger charge is -2.14. The molecule has 1 aromatic heterocycles. The van der Waals surface area contributed by atoms with Gasteiger partial charge >= 0.3 is 5.97 Å². The minimum Gasteiger partial charge on any atom is -0.469 e. The number of rotatable bonds is 5. The highest BCUT2D eigenvalue weighted by atomic mass is 16.5. The minimum atomic E-state index is -0.362. The van der Waals surface area contributed by atoms with Crippen LogP contribution in [0.4, 0.5) is 0 Å². The third-order valence-electron chi connectivity index (χ3n) is 2.97. The van der Waals surface area contributed by atoms with Crippen molar-refractivity contribution in [3.05, 3.63) is 24.2 Å². The summed E-state index contributed by atoms with van der Waals surface area (Å²) in [4.78, 5) is 24.8. The van der Waals surface area contributed by atoms with E-state index in [0.29, 0.717) is 6.42 Å². The molecule has 1 fully saturated rings. The number of carbonyl (C=O) groups is 2. The number of hydrogen-bond acceptors (Lipinski definition) is 4. The lowest BCUT2D eigenvalue weighted by atomic mass is 10.2. The Kier molecular flexibility index (Phi) is 4.39. The summed E-state index contributed by atoms with van der Waals surface area (Å²) in [5.41, 5.74) is 0. The van der Waals surface area contributed by atoms with Crippen LogP contribution in [-0.4, -0.2) is 36.5 Å². The van der Waals surface area contributed by atoms with Crippen LogP contribution in [0, 0.1) is 0 Å². The number of furan rings is 1. The van der Waals surface area contributed by atoms with E-state index in [1.807, 2.05) is 6.07 Å². The molecule has 1 amide bonds. The number of esters is 1. The molecule has 1 saturated heterocycles. The number of nitrogens with zero attached hydrogens (tertiary/aromatic N) is 1. The number of likely N-dealkylation sites (tertiary alicyclic amines) is 1. The second-order valence-corrected chi connectivity index (χ2v) is 4.33. The zero-order valence-corrected chi connectivity index (χ0v) is 10.3. The summed E-state index contributed by atoms with van der Waals surface area (Å²) in [6.45, 7) is 1.42. The maximum absolute atomic E-state index is 11.6. The van der Waals surface area contributed by atoms with Crippen LogP contribution in [0.2, 0.25) is 0 Å². The van der Waals surface area contributed by atoms with Crippen molar-refractivity contribution in [1.82, 2.24) is 4.90 Å². The second kappa shape index (κ2) is 6.23.